The van der Waals surface area contributed by atoms with Crippen molar-refractivity contribution in [1.82, 2.24) is 14.5 Å². The second-order valence-electron chi connectivity index (χ2n) is 7.91. The molecule has 1 aliphatic rings. The molecule has 1 amide bonds. The largest absolute Gasteiger partial charge is 0.496 e. The molecule has 8 nitrogen and oxygen atoms in total. The van der Waals surface area contributed by atoms with E-state index in [2.05, 4.69) is 15.5 Å². The summed E-state index contributed by atoms with van der Waals surface area (Å²) in [5.41, 5.74) is 2.77. The van der Waals surface area contributed by atoms with Crippen LogP contribution in [-0.4, -0.2) is 49.0 Å². The van der Waals surface area contributed by atoms with E-state index in [-0.39, 0.29) is 17.2 Å². The summed E-state index contributed by atoms with van der Waals surface area (Å²) in [6, 6.07) is 12.8. The molecule has 2 aromatic carbocycles. The van der Waals surface area contributed by atoms with Crippen LogP contribution in [0.3, 0.4) is 0 Å². The summed E-state index contributed by atoms with van der Waals surface area (Å²) in [7, 11) is -2.01. The van der Waals surface area contributed by atoms with Crippen molar-refractivity contribution in [3.8, 4) is 16.3 Å². The van der Waals surface area contributed by atoms with Crippen molar-refractivity contribution < 1.29 is 17.9 Å². The third-order valence-corrected chi connectivity index (χ3v) is 8.33. The van der Waals surface area contributed by atoms with Crippen LogP contribution in [0.1, 0.15) is 30.4 Å². The van der Waals surface area contributed by atoms with Gasteiger partial charge in [0.2, 0.25) is 21.1 Å². The summed E-state index contributed by atoms with van der Waals surface area (Å²) in [5.74, 6) is 0.331. The van der Waals surface area contributed by atoms with Gasteiger partial charge in [-0.2, -0.15) is 4.31 Å². The van der Waals surface area contributed by atoms with E-state index in [1.807, 2.05) is 31.2 Å². The fraction of sp³-hybridized carbons (Fsp3) is 0.348. The molecule has 0 radical (unpaired) electrons. The van der Waals surface area contributed by atoms with Gasteiger partial charge in [0.1, 0.15) is 10.8 Å². The quantitative estimate of drug-likeness (QED) is 0.519. The zero-order valence-corrected chi connectivity index (χ0v) is 20.2. The highest BCUT2D eigenvalue weighted by Crippen LogP contribution is 2.29. The van der Waals surface area contributed by atoms with Crippen LogP contribution in [0.15, 0.2) is 47.4 Å². The maximum atomic E-state index is 12.9. The number of nitrogens with zero attached hydrogens (tertiary/aromatic N) is 3. The van der Waals surface area contributed by atoms with Crippen LogP contribution >= 0.6 is 11.3 Å². The Labute approximate surface area is 197 Å². The molecule has 0 bridgehead atoms. The lowest BCUT2D eigenvalue weighted by Gasteiger charge is -2.17. The van der Waals surface area contributed by atoms with Crippen molar-refractivity contribution in [2.45, 2.75) is 37.5 Å². The molecule has 33 heavy (non-hydrogen) atoms. The average molecular weight is 487 g/mol. The van der Waals surface area contributed by atoms with Gasteiger partial charge in [-0.25, -0.2) is 8.42 Å². The third-order valence-electron chi connectivity index (χ3n) is 5.55. The van der Waals surface area contributed by atoms with Gasteiger partial charge in [-0.05, 0) is 49.9 Å². The number of hydrogen-bond donors (Lipinski definition) is 1. The van der Waals surface area contributed by atoms with Crippen molar-refractivity contribution in [1.29, 1.82) is 0 Å². The Bertz CT molecular complexity index is 1230. The molecule has 4 rings (SSSR count). The molecular weight excluding hydrogens is 460 g/mol. The van der Waals surface area contributed by atoms with Crippen LogP contribution in [0.4, 0.5) is 5.13 Å². The molecule has 174 valence electrons. The third kappa shape index (κ3) is 5.40. The molecule has 0 saturated carbocycles. The fourth-order valence-corrected chi connectivity index (χ4v) is 6.04. The second-order valence-corrected chi connectivity index (χ2v) is 10.8. The van der Waals surface area contributed by atoms with E-state index < -0.39 is 10.0 Å². The minimum absolute atomic E-state index is 0.156. The number of aromatic nitrogens is 2. The number of methoxy groups -OCH3 is 1. The Morgan fingerprint density at radius 1 is 1.12 bits per heavy atom. The van der Waals surface area contributed by atoms with Crippen LogP contribution in [0, 0.1) is 6.92 Å². The van der Waals surface area contributed by atoms with Gasteiger partial charge in [0.05, 0.1) is 12.0 Å². The maximum Gasteiger partial charge on any atom is 0.243 e. The summed E-state index contributed by atoms with van der Waals surface area (Å²) < 4.78 is 32.7. The first-order chi connectivity index (χ1) is 15.9. The monoisotopic (exact) mass is 486 g/mol. The number of sulfonamides is 1. The van der Waals surface area contributed by atoms with Gasteiger partial charge in [0, 0.05) is 25.1 Å². The van der Waals surface area contributed by atoms with Crippen molar-refractivity contribution >= 4 is 32.4 Å². The van der Waals surface area contributed by atoms with E-state index >= 15 is 0 Å². The van der Waals surface area contributed by atoms with E-state index in [4.69, 9.17) is 4.74 Å². The lowest BCUT2D eigenvalue weighted by molar-refractivity contribution is -0.116. The van der Waals surface area contributed by atoms with Crippen LogP contribution in [0.2, 0.25) is 0 Å². The molecular formula is C23H26N4O4S2. The molecule has 1 N–H and O–H groups in total. The molecule has 10 heteroatoms. The number of ether oxygens (including phenoxy) is 1. The van der Waals surface area contributed by atoms with E-state index in [9.17, 15) is 13.2 Å². The molecule has 0 atom stereocenters. The Hall–Kier alpha value is -2.82. The minimum atomic E-state index is -3.54. The van der Waals surface area contributed by atoms with E-state index in [1.165, 1.54) is 22.8 Å². The van der Waals surface area contributed by atoms with Crippen LogP contribution < -0.4 is 10.1 Å². The highest BCUT2D eigenvalue weighted by Gasteiger charge is 2.27. The molecule has 1 aliphatic heterocycles. The first-order valence-corrected chi connectivity index (χ1v) is 13.0. The topological polar surface area (TPSA) is 101 Å². The SMILES string of the molecule is COc1ccc(S(=O)(=O)N2CCCC2)cc1CCC(=O)Nc1nnc(-c2ccc(C)cc2)s1. The Kier molecular flexibility index (Phi) is 7.06. The molecule has 0 aliphatic carbocycles. The van der Waals surface area contributed by atoms with Gasteiger partial charge in [-0.1, -0.05) is 41.2 Å². The Morgan fingerprint density at radius 2 is 1.85 bits per heavy atom. The van der Waals surface area contributed by atoms with E-state index in [0.717, 1.165) is 29.0 Å². The smallest absolute Gasteiger partial charge is 0.243 e. The molecule has 1 fully saturated rings. The number of aryl methyl sites for hydroxylation is 2. The lowest BCUT2D eigenvalue weighted by Crippen LogP contribution is -2.28. The summed E-state index contributed by atoms with van der Waals surface area (Å²) >= 11 is 1.31. The maximum absolute atomic E-state index is 12.9. The van der Waals surface area contributed by atoms with Gasteiger partial charge in [0.15, 0.2) is 0 Å². The van der Waals surface area contributed by atoms with Gasteiger partial charge < -0.3 is 10.1 Å². The molecule has 3 aromatic rings. The summed E-state index contributed by atoms with van der Waals surface area (Å²) in [6.45, 7) is 3.10. The predicted molar refractivity (Wildman–Crippen MR) is 128 cm³/mol. The van der Waals surface area contributed by atoms with Crippen LogP contribution in [0.5, 0.6) is 5.75 Å². The number of nitrogens with one attached hydrogen (secondary N) is 1. The van der Waals surface area contributed by atoms with Gasteiger partial charge in [-0.15, -0.1) is 10.2 Å². The number of benzene rings is 2. The summed E-state index contributed by atoms with van der Waals surface area (Å²) in [5, 5.41) is 12.1. The number of anilines is 1. The number of hydrogen-bond acceptors (Lipinski definition) is 7. The number of carbonyl (C=O) groups is 1. The first-order valence-electron chi connectivity index (χ1n) is 10.7. The first kappa shape index (κ1) is 23.3. The average Bonchev–Trinajstić information content (AvgIpc) is 3.51. The molecule has 2 heterocycles. The van der Waals surface area contributed by atoms with Gasteiger partial charge >= 0.3 is 0 Å². The molecule has 0 unspecified atom stereocenters. The normalized spacial score (nSPS) is 14.4. The van der Waals surface area contributed by atoms with Crippen molar-refractivity contribution in [2.75, 3.05) is 25.5 Å². The second kappa shape index (κ2) is 9.98. The van der Waals surface area contributed by atoms with Crippen molar-refractivity contribution in [2.24, 2.45) is 0 Å². The zero-order valence-electron chi connectivity index (χ0n) is 18.6. The standard InChI is InChI=1S/C23H26N4O4S2/c1-16-5-7-17(8-6-16)22-25-26-23(32-22)24-21(28)12-9-18-15-19(10-11-20(18)31-2)33(29,30)27-13-3-4-14-27/h5-8,10-11,15H,3-4,9,12-14H2,1-2H3,(H,24,26,28). The molecule has 1 saturated heterocycles. The lowest BCUT2D eigenvalue weighted by atomic mass is 10.1. The van der Waals surface area contributed by atoms with Crippen LogP contribution in [0.25, 0.3) is 10.6 Å². The highest BCUT2D eigenvalue weighted by atomic mass is 32.2. The number of rotatable bonds is 8. The highest BCUT2D eigenvalue weighted by molar-refractivity contribution is 7.89. The van der Waals surface area contributed by atoms with E-state index in [1.54, 1.807) is 18.2 Å². The zero-order chi connectivity index (χ0) is 23.4. The minimum Gasteiger partial charge on any atom is -0.496 e. The van der Waals surface area contributed by atoms with Gasteiger partial charge in [-0.3, -0.25) is 4.79 Å². The van der Waals surface area contributed by atoms with E-state index in [0.29, 0.717) is 36.0 Å². The number of amides is 1. The fourth-order valence-electron chi connectivity index (χ4n) is 3.70. The van der Waals surface area contributed by atoms with Crippen molar-refractivity contribution in [3.05, 3.63) is 53.6 Å². The molecule has 0 spiro atoms. The Morgan fingerprint density at radius 3 is 2.55 bits per heavy atom. The van der Waals surface area contributed by atoms with Gasteiger partial charge in [0.25, 0.3) is 0 Å². The summed E-state index contributed by atoms with van der Waals surface area (Å²) in [4.78, 5) is 12.8. The van der Waals surface area contributed by atoms with Crippen molar-refractivity contribution in [3.63, 3.8) is 0 Å². The predicted octanol–water partition coefficient (Wildman–Crippen LogP) is 3.88. The van der Waals surface area contributed by atoms with Crippen LogP contribution in [-0.2, 0) is 21.2 Å². The Balaban J connectivity index is 1.42. The number of carbonyl (C=O) groups excluding carboxylic acids is 1. The molecule has 1 aromatic heterocycles. The summed E-state index contributed by atoms with van der Waals surface area (Å²) in [6.07, 6.45) is 2.24.